The largest absolute Gasteiger partial charge is 0.397 e. The minimum atomic E-state index is -5.18. The van der Waals surface area contributed by atoms with Crippen molar-refractivity contribution in [3.63, 3.8) is 0 Å². The van der Waals surface area contributed by atoms with Crippen molar-refractivity contribution in [2.24, 2.45) is 40.9 Å². The SMILES string of the molecule is CCCOC[C@H]1C(=O)N[C@@H]([C@@H](C)CC)C(=O)N(C)CC(=O)N(C)[C@H]2C/C=C\CCN(C2=O)[C@@H](CC2CCC(C)CC2)C(=O)N(C)CC(=O)N[C@@H](CCC2CC(F)C(C(F)(F)F)C(F)C2)C(=O)N2C[C@H](OCC)C[C@H]2C(=O)NC2(CC(C)(C)C2)C(=O)N(C)[C@@H](C2CCCC2)C(=O)N(C)[C@H](C(=O)N(C)C)CC(=O)N1C. The molecular weight excluding hydrogens is 1410 g/mol. The molecule has 108 heavy (non-hydrogen) atoms. The van der Waals surface area contributed by atoms with Crippen LogP contribution in [0.3, 0.4) is 0 Å². The van der Waals surface area contributed by atoms with E-state index in [1.54, 1.807) is 26.8 Å². The molecule has 1 spiro atoms. The van der Waals surface area contributed by atoms with E-state index in [1.165, 1.54) is 80.9 Å². The zero-order chi connectivity index (χ0) is 80.2. The third kappa shape index (κ3) is 21.5. The van der Waals surface area contributed by atoms with Crippen molar-refractivity contribution in [3.05, 3.63) is 12.2 Å². The van der Waals surface area contributed by atoms with E-state index < -0.39 is 217 Å². The van der Waals surface area contributed by atoms with Gasteiger partial charge in [-0.3, -0.25) is 57.5 Å². The Morgan fingerprint density at radius 3 is 1.90 bits per heavy atom. The average Bonchev–Trinajstić information content (AvgIpc) is 1.69. The van der Waals surface area contributed by atoms with Gasteiger partial charge >= 0.3 is 6.18 Å². The standard InChI is InChI=1S/C77H123F5N12O14/c1-16-34-107-43-59-66(98)84-64(47(5)17-2)72(104)88(11)42-62(97)89(12)55-26-20-19-23-33-93(71(55)103)58(37-48-29-27-46(4)28-30-48)70(102)87(10)41-60(95)83-54(32-31-49-35-52(78)63(53(79)36-49)77(80,81)82)68(100)94-40-51(108-18-3)38-56(94)67(99)85-76(44-75(6,7)45-76)74(106)92(15)65(50-24-21-22-25-50)73(105)91(14)57(69(101)86(8)9)39-61(96)90(59)13/h19-20,46-59,63-65H,16-18,21-45H2,1-15H3,(H,83,95)(H,84,98)(H,85,99)/b20-19-/t46?,47-,48?,49?,51+,52?,53?,54-,55-,56-,57-,58-,59-,63?,64-,65-/m0/s1. The summed E-state index contributed by atoms with van der Waals surface area (Å²) >= 11 is 0. The van der Waals surface area contributed by atoms with Crippen molar-refractivity contribution < 1.29 is 89.0 Å². The van der Waals surface area contributed by atoms with Crippen molar-refractivity contribution in [1.82, 2.24) is 60.0 Å². The number of ether oxygens (including phenoxy) is 2. The molecule has 0 aromatic heterocycles. The minimum Gasteiger partial charge on any atom is -0.379 e. The number of nitrogens with zero attached hydrogens (tertiary/aromatic N) is 9. The molecular formula is C77H123F5N12O14. The first kappa shape index (κ1) is 88.2. The van der Waals surface area contributed by atoms with Gasteiger partial charge in [0.1, 0.15) is 72.1 Å². The van der Waals surface area contributed by atoms with Crippen molar-refractivity contribution in [1.29, 1.82) is 0 Å². The Kier molecular flexibility index (Phi) is 31.2. The molecule has 26 nitrogen and oxygen atoms in total. The van der Waals surface area contributed by atoms with Crippen LogP contribution in [0.15, 0.2) is 12.2 Å². The molecule has 0 aromatic rings. The molecule has 12 atom stereocenters. The van der Waals surface area contributed by atoms with Crippen molar-refractivity contribution in [2.75, 3.05) is 102 Å². The van der Waals surface area contributed by atoms with Gasteiger partial charge in [0.2, 0.25) is 70.9 Å². The van der Waals surface area contributed by atoms with Crippen LogP contribution in [0.25, 0.3) is 0 Å². The fourth-order valence-electron chi connectivity index (χ4n) is 17.6. The van der Waals surface area contributed by atoms with Crippen LogP contribution in [0.4, 0.5) is 22.0 Å². The van der Waals surface area contributed by atoms with Gasteiger partial charge in [-0.25, -0.2) is 8.78 Å². The number of alkyl halides is 5. The zero-order valence-corrected chi connectivity index (χ0v) is 66.4. The van der Waals surface area contributed by atoms with E-state index in [9.17, 15) is 41.9 Å². The van der Waals surface area contributed by atoms with Crippen LogP contribution >= 0.6 is 0 Å². The number of rotatable bonds is 15. The summed E-state index contributed by atoms with van der Waals surface area (Å²) in [5.74, 6) is -13.5. The summed E-state index contributed by atoms with van der Waals surface area (Å²) in [6.07, 6.45) is -3.63. The molecule has 3 heterocycles. The van der Waals surface area contributed by atoms with Gasteiger partial charge in [0.15, 0.2) is 0 Å². The van der Waals surface area contributed by atoms with Crippen LogP contribution < -0.4 is 16.0 Å². The van der Waals surface area contributed by atoms with Gasteiger partial charge in [-0.05, 0) is 119 Å². The molecule has 4 aliphatic carbocycles. The monoisotopic (exact) mass is 1530 g/mol. The normalized spacial score (nSPS) is 32.3. The van der Waals surface area contributed by atoms with Crippen molar-refractivity contribution >= 4 is 70.9 Å². The second-order valence-electron chi connectivity index (χ2n) is 33.1. The maximum atomic E-state index is 15.8. The van der Waals surface area contributed by atoms with Crippen LogP contribution in [0.5, 0.6) is 0 Å². The van der Waals surface area contributed by atoms with E-state index in [0.717, 1.165) is 45.3 Å². The van der Waals surface area contributed by atoms with E-state index in [0.29, 0.717) is 50.9 Å². The quantitative estimate of drug-likeness (QED) is 0.0989. The third-order valence-electron chi connectivity index (χ3n) is 24.0. The summed E-state index contributed by atoms with van der Waals surface area (Å²) in [5.41, 5.74) is -2.30. The van der Waals surface area contributed by atoms with Crippen LogP contribution in [-0.4, -0.2) is 296 Å². The Bertz CT molecular complexity index is 3200. The van der Waals surface area contributed by atoms with E-state index in [4.69, 9.17) is 9.47 Å². The van der Waals surface area contributed by atoms with Crippen molar-refractivity contribution in [2.45, 2.75) is 262 Å². The van der Waals surface area contributed by atoms with Crippen LogP contribution in [0.1, 0.15) is 183 Å². The molecule has 7 rings (SSSR count). The zero-order valence-electron chi connectivity index (χ0n) is 66.4. The molecule has 610 valence electrons. The third-order valence-corrected chi connectivity index (χ3v) is 24.0. The molecule has 7 aliphatic rings. The Hall–Kier alpha value is -7.05. The second kappa shape index (κ2) is 38.3. The molecule has 2 saturated heterocycles. The number of nitrogens with one attached hydrogen (secondary N) is 3. The lowest BCUT2D eigenvalue weighted by Crippen LogP contribution is -2.71. The molecule has 31 heteroatoms. The first-order chi connectivity index (χ1) is 50.7. The summed E-state index contributed by atoms with van der Waals surface area (Å²) in [6.45, 7) is 11.4. The van der Waals surface area contributed by atoms with Gasteiger partial charge < -0.3 is 69.5 Å². The first-order valence-corrected chi connectivity index (χ1v) is 39.2. The van der Waals surface area contributed by atoms with Gasteiger partial charge in [0.05, 0.1) is 32.2 Å². The highest BCUT2D eigenvalue weighted by Crippen LogP contribution is 2.50. The number of carbonyl (C=O) groups excluding carboxylic acids is 12. The summed E-state index contributed by atoms with van der Waals surface area (Å²) in [4.78, 5) is 193. The molecule has 2 bridgehead atoms. The summed E-state index contributed by atoms with van der Waals surface area (Å²) in [6, 6.07) is -11.0. The highest BCUT2D eigenvalue weighted by molar-refractivity contribution is 6.01. The van der Waals surface area contributed by atoms with Crippen LogP contribution in [0, 0.1) is 40.9 Å². The maximum Gasteiger partial charge on any atom is 0.397 e. The number of fused-ring (bicyclic) bond motifs is 3. The predicted molar refractivity (Wildman–Crippen MR) is 392 cm³/mol. The van der Waals surface area contributed by atoms with Crippen molar-refractivity contribution in [3.8, 4) is 0 Å². The fraction of sp³-hybridized carbons (Fsp3) is 0.818. The first-order valence-electron chi connectivity index (χ1n) is 39.2. The number of hydrogen-bond acceptors (Lipinski definition) is 14. The number of likely N-dealkylation sites (N-methyl/N-ethyl adjacent to an activating group) is 7. The molecule has 3 N–H and O–H groups in total. The fourth-order valence-corrected chi connectivity index (χ4v) is 17.6. The van der Waals surface area contributed by atoms with E-state index in [1.807, 2.05) is 26.8 Å². The van der Waals surface area contributed by atoms with Crippen LogP contribution in [0.2, 0.25) is 0 Å². The van der Waals surface area contributed by atoms with Gasteiger partial charge in [-0.2, -0.15) is 13.2 Å². The lowest BCUT2D eigenvalue weighted by atomic mass is 9.58. The molecule has 4 saturated carbocycles. The molecule has 3 aliphatic heterocycles. The van der Waals surface area contributed by atoms with Gasteiger partial charge in [-0.15, -0.1) is 0 Å². The lowest BCUT2D eigenvalue weighted by molar-refractivity contribution is -0.219. The minimum absolute atomic E-state index is 0.00274. The van der Waals surface area contributed by atoms with E-state index in [-0.39, 0.29) is 77.4 Å². The Morgan fingerprint density at radius 1 is 0.685 bits per heavy atom. The summed E-state index contributed by atoms with van der Waals surface area (Å²) < 4.78 is 85.1. The number of halogens is 5. The molecule has 2 unspecified atom stereocenters. The van der Waals surface area contributed by atoms with Crippen LogP contribution in [-0.2, 0) is 67.0 Å². The molecule has 0 radical (unpaired) electrons. The summed E-state index contributed by atoms with van der Waals surface area (Å²) in [7, 11) is 11.2. The molecule has 6 fully saturated rings. The molecule has 12 amide bonds. The van der Waals surface area contributed by atoms with Gasteiger partial charge in [0, 0.05) is 89.1 Å². The Labute approximate surface area is 634 Å². The lowest BCUT2D eigenvalue weighted by Gasteiger charge is -2.54. The van der Waals surface area contributed by atoms with E-state index in [2.05, 4.69) is 22.9 Å². The van der Waals surface area contributed by atoms with Gasteiger partial charge in [-0.1, -0.05) is 98.6 Å². The van der Waals surface area contributed by atoms with Gasteiger partial charge in [0.25, 0.3) is 0 Å². The predicted octanol–water partition coefficient (Wildman–Crippen LogP) is 5.83. The number of hydrogen-bond donors (Lipinski definition) is 3. The number of carbonyl (C=O) groups is 12. The molecule has 0 aromatic carbocycles. The van der Waals surface area contributed by atoms with E-state index >= 15 is 37.5 Å². The second-order valence-corrected chi connectivity index (χ2v) is 33.1. The Balaban J connectivity index is 1.34. The summed E-state index contributed by atoms with van der Waals surface area (Å²) in [5, 5.41) is 8.59. The highest BCUT2D eigenvalue weighted by Gasteiger charge is 2.60. The topological polar surface area (TPSA) is 289 Å². The average molecular weight is 1540 g/mol. The maximum absolute atomic E-state index is 15.8. The smallest absolute Gasteiger partial charge is 0.379 e. The highest BCUT2D eigenvalue weighted by atomic mass is 19.4. The Morgan fingerprint density at radius 2 is 1.31 bits per heavy atom. The number of amides is 12.